The Hall–Kier alpha value is -2.43. The highest BCUT2D eigenvalue weighted by Crippen LogP contribution is 2.33. The molecule has 0 aliphatic heterocycles. The number of carbonyl (C=O) groups excluding carboxylic acids is 1. The van der Waals surface area contributed by atoms with E-state index in [1.807, 2.05) is 0 Å². The van der Waals surface area contributed by atoms with Gasteiger partial charge in [-0.3, -0.25) is 4.79 Å². The van der Waals surface area contributed by atoms with E-state index in [9.17, 15) is 26.4 Å². The van der Waals surface area contributed by atoms with E-state index in [2.05, 4.69) is 40.5 Å². The van der Waals surface area contributed by atoms with Crippen LogP contribution in [0, 0.1) is 0 Å². The molecule has 196 valence electrons. The SMILES string of the molecule is CC(NC1CC1)c1ccc2c(c1)CCC[C@H]2NC(=O)C[C@H](C)NS(=O)(=O)c1cccc(C(F)(F)F)c1. The van der Waals surface area contributed by atoms with Gasteiger partial charge < -0.3 is 10.6 Å². The van der Waals surface area contributed by atoms with E-state index < -0.39 is 32.7 Å². The summed E-state index contributed by atoms with van der Waals surface area (Å²) in [6.45, 7) is 3.67. The summed E-state index contributed by atoms with van der Waals surface area (Å²) in [4.78, 5) is 12.2. The monoisotopic (exact) mass is 523 g/mol. The summed E-state index contributed by atoms with van der Waals surface area (Å²) in [6.07, 6.45) is 0.320. The van der Waals surface area contributed by atoms with Crippen molar-refractivity contribution < 1.29 is 26.4 Å². The van der Waals surface area contributed by atoms with Crippen LogP contribution in [0.3, 0.4) is 0 Å². The van der Waals surface area contributed by atoms with Gasteiger partial charge in [0.15, 0.2) is 0 Å². The van der Waals surface area contributed by atoms with Crippen LogP contribution >= 0.6 is 0 Å². The predicted octanol–water partition coefficient (Wildman–Crippen LogP) is 4.77. The van der Waals surface area contributed by atoms with Gasteiger partial charge in [0.25, 0.3) is 0 Å². The lowest BCUT2D eigenvalue weighted by Crippen LogP contribution is -2.39. The molecule has 2 aliphatic rings. The molecule has 3 N–H and O–H groups in total. The highest BCUT2D eigenvalue weighted by molar-refractivity contribution is 7.89. The van der Waals surface area contributed by atoms with Crippen molar-refractivity contribution in [2.24, 2.45) is 0 Å². The minimum absolute atomic E-state index is 0.134. The number of sulfonamides is 1. The Balaban J connectivity index is 1.36. The molecule has 0 spiro atoms. The van der Waals surface area contributed by atoms with Crippen molar-refractivity contribution in [1.82, 2.24) is 15.4 Å². The third-order valence-corrected chi connectivity index (χ3v) is 8.29. The normalized spacial score (nSPS) is 19.9. The Labute approximate surface area is 210 Å². The fourth-order valence-electron chi connectivity index (χ4n) is 4.70. The van der Waals surface area contributed by atoms with Crippen LogP contribution in [0.4, 0.5) is 13.2 Å². The quantitative estimate of drug-likeness (QED) is 0.442. The largest absolute Gasteiger partial charge is 0.416 e. The number of aryl methyl sites for hydroxylation is 1. The van der Waals surface area contributed by atoms with Crippen LogP contribution in [-0.2, 0) is 27.4 Å². The van der Waals surface area contributed by atoms with Crippen LogP contribution in [0.15, 0.2) is 47.4 Å². The zero-order chi connectivity index (χ0) is 26.1. The van der Waals surface area contributed by atoms with Gasteiger partial charge in [-0.15, -0.1) is 0 Å². The lowest BCUT2D eigenvalue weighted by Gasteiger charge is -2.28. The summed E-state index contributed by atoms with van der Waals surface area (Å²) < 4.78 is 66.4. The van der Waals surface area contributed by atoms with E-state index in [-0.39, 0.29) is 24.4 Å². The topological polar surface area (TPSA) is 87.3 Å². The Morgan fingerprint density at radius 1 is 1.08 bits per heavy atom. The third kappa shape index (κ3) is 6.66. The number of amides is 1. The summed E-state index contributed by atoms with van der Waals surface area (Å²) in [7, 11) is -4.22. The summed E-state index contributed by atoms with van der Waals surface area (Å²) in [5.74, 6) is -0.320. The smallest absolute Gasteiger partial charge is 0.349 e. The van der Waals surface area contributed by atoms with Crippen LogP contribution in [-0.4, -0.2) is 26.4 Å². The molecule has 6 nitrogen and oxygen atoms in total. The molecule has 4 rings (SSSR count). The number of hydrogen-bond acceptors (Lipinski definition) is 4. The molecule has 10 heteroatoms. The van der Waals surface area contributed by atoms with E-state index >= 15 is 0 Å². The molecular formula is C26H32F3N3O3S. The summed E-state index contributed by atoms with van der Waals surface area (Å²) in [6, 6.07) is 9.82. The fourth-order valence-corrected chi connectivity index (χ4v) is 5.99. The van der Waals surface area contributed by atoms with Gasteiger partial charge in [-0.1, -0.05) is 24.3 Å². The van der Waals surface area contributed by atoms with E-state index in [1.54, 1.807) is 0 Å². The lowest BCUT2D eigenvalue weighted by atomic mass is 9.85. The first kappa shape index (κ1) is 26.6. The molecular weight excluding hydrogens is 491 g/mol. The van der Waals surface area contributed by atoms with Gasteiger partial charge in [-0.05, 0) is 80.8 Å². The molecule has 0 heterocycles. The zero-order valence-corrected chi connectivity index (χ0v) is 21.2. The number of benzene rings is 2. The second-order valence-corrected chi connectivity index (χ2v) is 11.6. The number of alkyl halides is 3. The summed E-state index contributed by atoms with van der Waals surface area (Å²) in [5, 5.41) is 6.61. The molecule has 1 unspecified atom stereocenters. The Kier molecular flexibility index (Phi) is 7.78. The second-order valence-electron chi connectivity index (χ2n) is 9.89. The van der Waals surface area contributed by atoms with Crippen LogP contribution in [0.5, 0.6) is 0 Å². The second kappa shape index (κ2) is 10.5. The molecule has 2 aliphatic carbocycles. The maximum Gasteiger partial charge on any atom is 0.416 e. The van der Waals surface area contributed by atoms with Gasteiger partial charge in [0, 0.05) is 24.5 Å². The number of rotatable bonds is 9. The molecule has 0 radical (unpaired) electrons. The lowest BCUT2D eigenvalue weighted by molar-refractivity contribution is -0.137. The van der Waals surface area contributed by atoms with E-state index in [4.69, 9.17) is 0 Å². The summed E-state index contributed by atoms with van der Waals surface area (Å²) >= 11 is 0. The van der Waals surface area contributed by atoms with Crippen LogP contribution in [0.2, 0.25) is 0 Å². The highest BCUT2D eigenvalue weighted by Gasteiger charge is 2.32. The average Bonchev–Trinajstić information content (AvgIpc) is 3.62. The highest BCUT2D eigenvalue weighted by atomic mass is 32.2. The molecule has 2 aromatic rings. The number of halogens is 3. The van der Waals surface area contributed by atoms with E-state index in [0.29, 0.717) is 12.1 Å². The molecule has 36 heavy (non-hydrogen) atoms. The maximum atomic E-state index is 13.0. The van der Waals surface area contributed by atoms with Gasteiger partial charge in [-0.2, -0.15) is 13.2 Å². The third-order valence-electron chi connectivity index (χ3n) is 6.70. The zero-order valence-electron chi connectivity index (χ0n) is 20.4. The van der Waals surface area contributed by atoms with Crippen LogP contribution < -0.4 is 15.4 Å². The van der Waals surface area contributed by atoms with Gasteiger partial charge in [-0.25, -0.2) is 13.1 Å². The predicted molar refractivity (Wildman–Crippen MR) is 131 cm³/mol. The average molecular weight is 524 g/mol. The first-order valence-corrected chi connectivity index (χ1v) is 13.8. The van der Waals surface area contributed by atoms with E-state index in [0.717, 1.165) is 43.0 Å². The van der Waals surface area contributed by atoms with Crippen molar-refractivity contribution in [3.8, 4) is 0 Å². The Bertz CT molecular complexity index is 1210. The number of fused-ring (bicyclic) bond motifs is 1. The van der Waals surface area contributed by atoms with Crippen molar-refractivity contribution in [1.29, 1.82) is 0 Å². The Morgan fingerprint density at radius 3 is 2.53 bits per heavy atom. The van der Waals surface area contributed by atoms with Gasteiger partial charge >= 0.3 is 6.18 Å². The van der Waals surface area contributed by atoms with Crippen molar-refractivity contribution in [3.05, 3.63) is 64.7 Å². The standard InChI is InChI=1S/C26H32F3N3O3S/c1-16(32-36(34,35)22-7-4-6-20(15-22)26(27,28)29)13-25(33)31-24-8-3-5-19-14-18(9-12-23(19)24)17(2)30-21-10-11-21/h4,6-7,9,12,14-17,21,24,30,32H,3,5,8,10-11,13H2,1-2H3,(H,31,33)/t16-,17?,24+/m0/s1. The summed E-state index contributed by atoms with van der Waals surface area (Å²) in [5.41, 5.74) is 2.47. The number of nitrogens with one attached hydrogen (secondary N) is 3. The van der Waals surface area contributed by atoms with E-state index in [1.165, 1.54) is 30.9 Å². The molecule has 0 saturated heterocycles. The maximum absolute atomic E-state index is 13.0. The minimum atomic E-state index is -4.65. The molecule has 0 bridgehead atoms. The minimum Gasteiger partial charge on any atom is -0.349 e. The van der Waals surface area contributed by atoms with Crippen LogP contribution in [0.25, 0.3) is 0 Å². The van der Waals surface area contributed by atoms with Crippen molar-refractivity contribution in [2.45, 2.75) is 87.6 Å². The van der Waals surface area contributed by atoms with Crippen molar-refractivity contribution >= 4 is 15.9 Å². The number of hydrogen-bond donors (Lipinski definition) is 3. The van der Waals surface area contributed by atoms with Crippen LogP contribution in [0.1, 0.15) is 80.3 Å². The Morgan fingerprint density at radius 2 is 1.83 bits per heavy atom. The molecule has 3 atom stereocenters. The number of carbonyl (C=O) groups is 1. The van der Waals surface area contributed by atoms with Gasteiger partial charge in [0.05, 0.1) is 16.5 Å². The van der Waals surface area contributed by atoms with Crippen molar-refractivity contribution in [2.75, 3.05) is 0 Å². The molecule has 2 aromatic carbocycles. The van der Waals surface area contributed by atoms with Crippen molar-refractivity contribution in [3.63, 3.8) is 0 Å². The molecule has 1 amide bonds. The molecule has 1 fully saturated rings. The van der Waals surface area contributed by atoms with Gasteiger partial charge in [0.1, 0.15) is 0 Å². The first-order chi connectivity index (χ1) is 16.9. The fraction of sp³-hybridized carbons (Fsp3) is 0.500. The molecule has 0 aromatic heterocycles. The molecule has 1 saturated carbocycles. The van der Waals surface area contributed by atoms with Gasteiger partial charge in [0.2, 0.25) is 15.9 Å². The first-order valence-electron chi connectivity index (χ1n) is 12.3.